The lowest BCUT2D eigenvalue weighted by atomic mass is 9.70. The predicted molar refractivity (Wildman–Crippen MR) is 81.6 cm³/mol. The average molecular weight is 260 g/mol. The average Bonchev–Trinajstić information content (AvgIpc) is 2.34. The number of rotatable bonds is 3. The van der Waals surface area contributed by atoms with Crippen LogP contribution in [-0.4, -0.2) is 11.2 Å². The van der Waals surface area contributed by atoms with E-state index in [1.165, 1.54) is 54.4 Å². The van der Waals surface area contributed by atoms with E-state index in [-0.39, 0.29) is 11.5 Å². The van der Waals surface area contributed by atoms with E-state index in [9.17, 15) is 5.11 Å². The highest BCUT2D eigenvalue weighted by Gasteiger charge is 2.34. The monoisotopic (exact) mass is 260 g/mol. The van der Waals surface area contributed by atoms with Crippen molar-refractivity contribution >= 4 is 0 Å². The van der Waals surface area contributed by atoms with Crippen LogP contribution in [0.25, 0.3) is 0 Å². The van der Waals surface area contributed by atoms with Crippen molar-refractivity contribution in [2.45, 2.75) is 72.3 Å². The smallest absolute Gasteiger partial charge is 0.0634 e. The van der Waals surface area contributed by atoms with Crippen molar-refractivity contribution < 1.29 is 5.11 Å². The van der Waals surface area contributed by atoms with Gasteiger partial charge >= 0.3 is 0 Å². The van der Waals surface area contributed by atoms with Gasteiger partial charge in [0.2, 0.25) is 0 Å². The van der Waals surface area contributed by atoms with Crippen molar-refractivity contribution in [3.8, 4) is 0 Å². The van der Waals surface area contributed by atoms with Crippen LogP contribution in [0.1, 0.15) is 61.3 Å². The molecule has 2 rings (SSSR count). The lowest BCUT2D eigenvalue weighted by Gasteiger charge is -2.38. The molecule has 1 aliphatic carbocycles. The summed E-state index contributed by atoms with van der Waals surface area (Å²) in [7, 11) is 0. The van der Waals surface area contributed by atoms with Crippen molar-refractivity contribution in [3.05, 3.63) is 34.4 Å². The second-order valence-corrected chi connectivity index (χ2v) is 6.81. The van der Waals surface area contributed by atoms with Gasteiger partial charge < -0.3 is 5.11 Å². The molecule has 1 aromatic rings. The van der Waals surface area contributed by atoms with Gasteiger partial charge in [-0.3, -0.25) is 0 Å². The molecule has 0 radical (unpaired) electrons. The van der Waals surface area contributed by atoms with Gasteiger partial charge in [0, 0.05) is 0 Å². The van der Waals surface area contributed by atoms with Gasteiger partial charge in [-0.05, 0) is 62.1 Å². The van der Waals surface area contributed by atoms with Gasteiger partial charge in [-0.25, -0.2) is 0 Å². The predicted octanol–water partition coefficient (Wildman–Crippen LogP) is 4.49. The lowest BCUT2D eigenvalue weighted by molar-refractivity contribution is 0.0102. The minimum atomic E-state index is -0.201. The summed E-state index contributed by atoms with van der Waals surface area (Å²) < 4.78 is 0. The molecule has 19 heavy (non-hydrogen) atoms. The Hall–Kier alpha value is -0.820. The maximum absolute atomic E-state index is 10.7. The quantitative estimate of drug-likeness (QED) is 0.849. The molecule has 1 heteroatoms. The molecular weight excluding hydrogens is 232 g/mol. The molecule has 0 aliphatic heterocycles. The summed E-state index contributed by atoms with van der Waals surface area (Å²) in [6, 6.07) is 4.47. The summed E-state index contributed by atoms with van der Waals surface area (Å²) in [6.45, 7) is 8.76. The summed E-state index contributed by atoms with van der Waals surface area (Å²) in [5.41, 5.74) is 5.45. The van der Waals surface area contributed by atoms with Gasteiger partial charge in [0.05, 0.1) is 6.10 Å². The summed E-state index contributed by atoms with van der Waals surface area (Å²) in [6.07, 6.45) is 6.86. The molecule has 1 nitrogen and oxygen atoms in total. The van der Waals surface area contributed by atoms with Gasteiger partial charge in [0.25, 0.3) is 0 Å². The van der Waals surface area contributed by atoms with E-state index in [4.69, 9.17) is 0 Å². The first-order valence-electron chi connectivity index (χ1n) is 7.67. The molecular formula is C18H28O. The van der Waals surface area contributed by atoms with Crippen LogP contribution >= 0.6 is 0 Å². The molecule has 0 amide bonds. The first kappa shape index (κ1) is 14.6. The Bertz CT molecular complexity index is 418. The van der Waals surface area contributed by atoms with Crippen molar-refractivity contribution in [1.82, 2.24) is 0 Å². The Labute approximate surface area is 118 Å². The minimum Gasteiger partial charge on any atom is -0.392 e. The minimum absolute atomic E-state index is 0.127. The number of hydrogen-bond donors (Lipinski definition) is 1. The fraction of sp³-hybridized carbons (Fsp3) is 0.667. The third kappa shape index (κ3) is 3.20. The number of benzene rings is 1. The zero-order valence-electron chi connectivity index (χ0n) is 12.9. The second kappa shape index (κ2) is 5.66. The largest absolute Gasteiger partial charge is 0.392 e. The van der Waals surface area contributed by atoms with Gasteiger partial charge in [-0.15, -0.1) is 0 Å². The molecule has 1 aromatic carbocycles. The Morgan fingerprint density at radius 2 is 1.58 bits per heavy atom. The lowest BCUT2D eigenvalue weighted by Crippen LogP contribution is -2.36. The number of aliphatic hydroxyl groups is 1. The Balaban J connectivity index is 2.16. The Morgan fingerprint density at radius 3 is 2.11 bits per heavy atom. The first-order valence-corrected chi connectivity index (χ1v) is 7.67. The molecule has 1 aliphatic rings. The summed E-state index contributed by atoms with van der Waals surface area (Å²) >= 11 is 0. The van der Waals surface area contributed by atoms with Crippen LogP contribution in [0, 0.1) is 26.2 Å². The van der Waals surface area contributed by atoms with Crippen molar-refractivity contribution in [1.29, 1.82) is 0 Å². The molecule has 1 atom stereocenters. The zero-order chi connectivity index (χ0) is 14.0. The van der Waals surface area contributed by atoms with E-state index in [1.807, 2.05) is 0 Å². The molecule has 0 saturated heterocycles. The second-order valence-electron chi connectivity index (χ2n) is 6.81. The zero-order valence-corrected chi connectivity index (χ0v) is 12.9. The highest BCUT2D eigenvalue weighted by Crippen LogP contribution is 2.40. The van der Waals surface area contributed by atoms with Gasteiger partial charge in [-0.1, -0.05) is 43.9 Å². The Kier molecular flexibility index (Phi) is 4.35. The van der Waals surface area contributed by atoms with E-state index in [1.54, 1.807) is 0 Å². The van der Waals surface area contributed by atoms with Crippen LogP contribution in [0.2, 0.25) is 0 Å². The number of hydrogen-bond acceptors (Lipinski definition) is 1. The molecule has 0 spiro atoms. The standard InChI is InChI=1S/C18H28O/c1-13-10-14(2)16(15(3)11-13)12-17(19)18(4)8-6-5-7-9-18/h10-11,17,19H,5-9,12H2,1-4H3. The Morgan fingerprint density at radius 1 is 1.05 bits per heavy atom. The van der Waals surface area contributed by atoms with Crippen molar-refractivity contribution in [2.24, 2.45) is 5.41 Å². The van der Waals surface area contributed by atoms with Crippen LogP contribution < -0.4 is 0 Å². The summed E-state index contributed by atoms with van der Waals surface area (Å²) in [5.74, 6) is 0. The van der Waals surface area contributed by atoms with Crippen LogP contribution in [0.4, 0.5) is 0 Å². The van der Waals surface area contributed by atoms with E-state index in [0.717, 1.165) is 6.42 Å². The van der Waals surface area contributed by atoms with Crippen LogP contribution in [-0.2, 0) is 6.42 Å². The normalized spacial score (nSPS) is 20.3. The maximum atomic E-state index is 10.7. The summed E-state index contributed by atoms with van der Waals surface area (Å²) in [4.78, 5) is 0. The number of aliphatic hydroxyl groups excluding tert-OH is 1. The van der Waals surface area contributed by atoms with Gasteiger partial charge in [-0.2, -0.15) is 0 Å². The van der Waals surface area contributed by atoms with E-state index >= 15 is 0 Å². The highest BCUT2D eigenvalue weighted by molar-refractivity contribution is 5.38. The molecule has 0 heterocycles. The molecule has 0 bridgehead atoms. The van der Waals surface area contributed by atoms with Gasteiger partial charge in [0.15, 0.2) is 0 Å². The maximum Gasteiger partial charge on any atom is 0.0634 e. The van der Waals surface area contributed by atoms with E-state index in [0.29, 0.717) is 0 Å². The molecule has 1 saturated carbocycles. The fourth-order valence-electron chi connectivity index (χ4n) is 3.66. The van der Waals surface area contributed by atoms with Crippen molar-refractivity contribution in [2.75, 3.05) is 0 Å². The SMILES string of the molecule is Cc1cc(C)c(CC(O)C2(C)CCCCC2)c(C)c1. The van der Waals surface area contributed by atoms with Crippen molar-refractivity contribution in [3.63, 3.8) is 0 Å². The summed E-state index contributed by atoms with van der Waals surface area (Å²) in [5, 5.41) is 10.7. The molecule has 1 unspecified atom stereocenters. The van der Waals surface area contributed by atoms with Crippen LogP contribution in [0.15, 0.2) is 12.1 Å². The van der Waals surface area contributed by atoms with E-state index in [2.05, 4.69) is 39.8 Å². The molecule has 106 valence electrons. The molecule has 1 N–H and O–H groups in total. The topological polar surface area (TPSA) is 20.2 Å². The third-order valence-electron chi connectivity index (χ3n) is 5.04. The number of aryl methyl sites for hydroxylation is 3. The molecule has 0 aromatic heterocycles. The fourth-order valence-corrected chi connectivity index (χ4v) is 3.66. The van der Waals surface area contributed by atoms with Crippen LogP contribution in [0.5, 0.6) is 0 Å². The van der Waals surface area contributed by atoms with Crippen LogP contribution in [0.3, 0.4) is 0 Å². The van der Waals surface area contributed by atoms with Gasteiger partial charge in [0.1, 0.15) is 0 Å². The third-order valence-corrected chi connectivity index (χ3v) is 5.04. The van der Waals surface area contributed by atoms with E-state index < -0.39 is 0 Å². The first-order chi connectivity index (χ1) is 8.92. The highest BCUT2D eigenvalue weighted by atomic mass is 16.3. The molecule has 1 fully saturated rings.